The number of ketones is 1. The van der Waals surface area contributed by atoms with Crippen molar-refractivity contribution < 1.29 is 38.4 Å². The van der Waals surface area contributed by atoms with E-state index in [0.717, 1.165) is 0 Å². The Morgan fingerprint density at radius 2 is 1.81 bits per heavy atom. The Labute approximate surface area is 206 Å². The van der Waals surface area contributed by atoms with Crippen LogP contribution in [0.4, 0.5) is 0 Å². The lowest BCUT2D eigenvalue weighted by Gasteiger charge is -2.15. The van der Waals surface area contributed by atoms with Crippen LogP contribution >= 0.6 is 0 Å². The molecule has 0 spiro atoms. The number of carbonyl (C=O) groups is 3. The van der Waals surface area contributed by atoms with Crippen molar-refractivity contribution in [1.29, 1.82) is 0 Å². The zero-order chi connectivity index (χ0) is 25.7. The molecule has 0 saturated heterocycles. The van der Waals surface area contributed by atoms with Crippen molar-refractivity contribution in [2.24, 2.45) is 0 Å². The molecular formula is C27H23NO8. The highest BCUT2D eigenvalue weighted by Crippen LogP contribution is 2.37. The van der Waals surface area contributed by atoms with Crippen molar-refractivity contribution in [2.45, 2.75) is 6.04 Å². The van der Waals surface area contributed by atoms with Crippen LogP contribution in [0.25, 0.3) is 6.08 Å². The highest BCUT2D eigenvalue weighted by Gasteiger charge is 2.28. The average molecular weight is 489 g/mol. The van der Waals surface area contributed by atoms with Gasteiger partial charge in [-0.1, -0.05) is 42.5 Å². The van der Waals surface area contributed by atoms with Crippen molar-refractivity contribution in [2.75, 3.05) is 20.8 Å². The molecule has 0 fully saturated rings. The molecule has 1 aliphatic rings. The van der Waals surface area contributed by atoms with Gasteiger partial charge in [-0.05, 0) is 29.8 Å². The molecule has 1 heterocycles. The molecule has 0 saturated carbocycles. The van der Waals surface area contributed by atoms with Gasteiger partial charge in [-0.15, -0.1) is 0 Å². The number of amides is 1. The maximum absolute atomic E-state index is 12.8. The van der Waals surface area contributed by atoms with Crippen LogP contribution in [0.15, 0.2) is 72.5 Å². The minimum absolute atomic E-state index is 0.0959. The van der Waals surface area contributed by atoms with Crippen molar-refractivity contribution in [1.82, 2.24) is 5.32 Å². The third kappa shape index (κ3) is 5.15. The maximum atomic E-state index is 12.8. The van der Waals surface area contributed by atoms with Crippen LogP contribution in [0, 0.1) is 0 Å². The molecule has 36 heavy (non-hydrogen) atoms. The number of hydrogen-bond donors (Lipinski definition) is 2. The summed E-state index contributed by atoms with van der Waals surface area (Å²) in [4.78, 5) is 36.8. The Morgan fingerprint density at radius 1 is 1.03 bits per heavy atom. The number of hydrogen-bond acceptors (Lipinski definition) is 7. The van der Waals surface area contributed by atoms with E-state index < -0.39 is 24.5 Å². The standard InChI is InChI=1S/C27H23NO8/c1-33-20-10-6-9-17(26(20)34-2)13-22-25(30)19-12-11-18(14-21(19)36-22)35-15-23(29)28-24(27(31)32)16-7-4-3-5-8-16/h3-14,24H,15H2,1-2H3,(H,28,29)(H,31,32)/b22-13-/t24-/m1/s1. The van der Waals surface area contributed by atoms with Crippen LogP contribution in [0.1, 0.15) is 27.5 Å². The summed E-state index contributed by atoms with van der Waals surface area (Å²) >= 11 is 0. The number of para-hydroxylation sites is 1. The number of allylic oxidation sites excluding steroid dienone is 1. The predicted octanol–water partition coefficient (Wildman–Crippen LogP) is 3.64. The second-order valence-electron chi connectivity index (χ2n) is 7.72. The fourth-order valence-corrected chi connectivity index (χ4v) is 3.71. The Morgan fingerprint density at radius 3 is 2.50 bits per heavy atom. The van der Waals surface area contributed by atoms with Crippen LogP contribution < -0.4 is 24.3 Å². The van der Waals surface area contributed by atoms with Crippen molar-refractivity contribution >= 4 is 23.7 Å². The lowest BCUT2D eigenvalue weighted by molar-refractivity contribution is -0.142. The molecule has 0 aromatic heterocycles. The molecule has 1 atom stereocenters. The van der Waals surface area contributed by atoms with Gasteiger partial charge >= 0.3 is 5.97 Å². The zero-order valence-electron chi connectivity index (χ0n) is 19.5. The number of nitrogens with one attached hydrogen (secondary N) is 1. The molecule has 0 aliphatic carbocycles. The van der Waals surface area contributed by atoms with Crippen LogP contribution in [0.5, 0.6) is 23.0 Å². The minimum Gasteiger partial charge on any atom is -0.493 e. The van der Waals surface area contributed by atoms with Gasteiger partial charge in [0.25, 0.3) is 5.91 Å². The largest absolute Gasteiger partial charge is 0.493 e. The first-order valence-electron chi connectivity index (χ1n) is 10.9. The number of methoxy groups -OCH3 is 2. The van der Waals surface area contributed by atoms with E-state index in [1.807, 2.05) is 0 Å². The Bertz CT molecular complexity index is 1330. The molecule has 0 bridgehead atoms. The first kappa shape index (κ1) is 24.3. The van der Waals surface area contributed by atoms with E-state index in [1.165, 1.54) is 26.4 Å². The van der Waals surface area contributed by atoms with Crippen LogP contribution in [-0.4, -0.2) is 43.6 Å². The smallest absolute Gasteiger partial charge is 0.330 e. The predicted molar refractivity (Wildman–Crippen MR) is 129 cm³/mol. The Kier molecular flexibility index (Phi) is 7.20. The molecule has 3 aromatic carbocycles. The van der Waals surface area contributed by atoms with Crippen molar-refractivity contribution in [3.05, 3.63) is 89.2 Å². The van der Waals surface area contributed by atoms with Gasteiger partial charge < -0.3 is 29.4 Å². The summed E-state index contributed by atoms with van der Waals surface area (Å²) in [6.07, 6.45) is 1.56. The van der Waals surface area contributed by atoms with Gasteiger partial charge in [0.1, 0.15) is 11.5 Å². The number of Topliss-reactive ketones (excluding diaryl/α,β-unsaturated/α-hetero) is 1. The summed E-state index contributed by atoms with van der Waals surface area (Å²) in [6, 6.07) is 17.0. The lowest BCUT2D eigenvalue weighted by atomic mass is 10.1. The van der Waals surface area contributed by atoms with E-state index in [-0.39, 0.29) is 23.0 Å². The topological polar surface area (TPSA) is 120 Å². The number of carbonyl (C=O) groups excluding carboxylic acids is 2. The molecule has 9 nitrogen and oxygen atoms in total. The molecular weight excluding hydrogens is 466 g/mol. The third-order valence-corrected chi connectivity index (χ3v) is 5.42. The van der Waals surface area contributed by atoms with E-state index in [4.69, 9.17) is 18.9 Å². The molecule has 4 rings (SSSR count). The maximum Gasteiger partial charge on any atom is 0.330 e. The molecule has 2 N–H and O–H groups in total. The normalized spacial score (nSPS) is 13.9. The van der Waals surface area contributed by atoms with Gasteiger partial charge in [0.2, 0.25) is 5.78 Å². The van der Waals surface area contributed by atoms with Gasteiger partial charge in [0.15, 0.2) is 29.9 Å². The summed E-state index contributed by atoms with van der Waals surface area (Å²) in [7, 11) is 3.03. The number of benzene rings is 3. The first-order valence-corrected chi connectivity index (χ1v) is 10.9. The minimum atomic E-state index is -1.20. The van der Waals surface area contributed by atoms with Crippen LogP contribution in [-0.2, 0) is 9.59 Å². The molecule has 0 unspecified atom stereocenters. The number of carboxylic acid groups (broad SMARTS) is 1. The number of ether oxygens (including phenoxy) is 4. The summed E-state index contributed by atoms with van der Waals surface area (Å²) in [5.74, 6) is -0.487. The second kappa shape index (κ2) is 10.6. The molecule has 3 aromatic rings. The molecule has 9 heteroatoms. The molecule has 184 valence electrons. The van der Waals surface area contributed by atoms with Gasteiger partial charge in [-0.25, -0.2) is 4.79 Å². The third-order valence-electron chi connectivity index (χ3n) is 5.42. The monoisotopic (exact) mass is 489 g/mol. The van der Waals surface area contributed by atoms with Gasteiger partial charge in [0, 0.05) is 11.6 Å². The van der Waals surface area contributed by atoms with E-state index in [1.54, 1.807) is 60.7 Å². The number of aliphatic carboxylic acids is 1. The molecule has 1 aliphatic heterocycles. The summed E-state index contributed by atoms with van der Waals surface area (Å²) in [5.41, 5.74) is 1.39. The number of carboxylic acids is 1. The fourth-order valence-electron chi connectivity index (χ4n) is 3.71. The van der Waals surface area contributed by atoms with E-state index in [0.29, 0.717) is 28.2 Å². The Balaban J connectivity index is 1.44. The van der Waals surface area contributed by atoms with Gasteiger partial charge in [0.05, 0.1) is 19.8 Å². The highest BCUT2D eigenvalue weighted by atomic mass is 16.5. The number of rotatable bonds is 9. The van der Waals surface area contributed by atoms with Crippen LogP contribution in [0.2, 0.25) is 0 Å². The first-order chi connectivity index (χ1) is 17.4. The second-order valence-corrected chi connectivity index (χ2v) is 7.72. The summed E-state index contributed by atoms with van der Waals surface area (Å²) in [6.45, 7) is -0.424. The average Bonchev–Trinajstić information content (AvgIpc) is 3.20. The summed E-state index contributed by atoms with van der Waals surface area (Å²) in [5, 5.41) is 11.9. The lowest BCUT2D eigenvalue weighted by Crippen LogP contribution is -2.36. The van der Waals surface area contributed by atoms with E-state index in [2.05, 4.69) is 5.32 Å². The fraction of sp³-hybridized carbons (Fsp3) is 0.148. The van der Waals surface area contributed by atoms with E-state index >= 15 is 0 Å². The summed E-state index contributed by atoms with van der Waals surface area (Å²) < 4.78 is 22.0. The quantitative estimate of drug-likeness (QED) is 0.437. The van der Waals surface area contributed by atoms with Crippen LogP contribution in [0.3, 0.4) is 0 Å². The van der Waals surface area contributed by atoms with Gasteiger partial charge in [-0.3, -0.25) is 9.59 Å². The van der Waals surface area contributed by atoms with Crippen molar-refractivity contribution in [3.63, 3.8) is 0 Å². The van der Waals surface area contributed by atoms with Crippen molar-refractivity contribution in [3.8, 4) is 23.0 Å². The molecule has 0 radical (unpaired) electrons. The van der Waals surface area contributed by atoms with Gasteiger partial charge in [-0.2, -0.15) is 0 Å². The highest BCUT2D eigenvalue weighted by molar-refractivity contribution is 6.14. The molecule has 1 amide bonds. The SMILES string of the molecule is COc1cccc(/C=C2\Oc3cc(OCC(=O)N[C@@H](C(=O)O)c4ccccc4)ccc3C2=O)c1OC. The zero-order valence-corrected chi connectivity index (χ0v) is 19.5. The van der Waals surface area contributed by atoms with E-state index in [9.17, 15) is 19.5 Å². The Hall–Kier alpha value is -4.79. The number of fused-ring (bicyclic) bond motifs is 1.